The van der Waals surface area contributed by atoms with Gasteiger partial charge in [-0.15, -0.1) is 0 Å². The maximum atomic E-state index is 14.7. The first-order valence-electron chi connectivity index (χ1n) is 8.78. The number of carbonyl (C=O) groups is 2. The van der Waals surface area contributed by atoms with Crippen molar-refractivity contribution in [2.75, 3.05) is 36.0 Å². The summed E-state index contributed by atoms with van der Waals surface area (Å²) in [5.41, 5.74) is 2.00. The van der Waals surface area contributed by atoms with Crippen LogP contribution in [0.25, 0.3) is 4.85 Å². The third-order valence-corrected chi connectivity index (χ3v) is 4.91. The van der Waals surface area contributed by atoms with Gasteiger partial charge in [-0.1, -0.05) is 12.5 Å². The molecule has 2 amide bonds. The van der Waals surface area contributed by atoms with Gasteiger partial charge in [0, 0.05) is 13.1 Å². The normalized spacial score (nSPS) is 23.9. The number of halogens is 1. The Labute approximate surface area is 157 Å². The monoisotopic (exact) mass is 372 g/mol. The molecule has 1 unspecified atom stereocenters. The number of hydrogen-bond donors (Lipinski definition) is 1. The summed E-state index contributed by atoms with van der Waals surface area (Å²) in [6.45, 7) is 10.8. The molecule has 2 atom stereocenters. The van der Waals surface area contributed by atoms with E-state index in [0.29, 0.717) is 30.9 Å². The Balaban J connectivity index is 1.71. The second-order valence-electron chi connectivity index (χ2n) is 6.71. The van der Waals surface area contributed by atoms with Crippen LogP contribution in [0.2, 0.25) is 0 Å². The van der Waals surface area contributed by atoms with Crippen LogP contribution >= 0.6 is 0 Å². The standard InChI is InChI=1S/C19H21FN4O3/c1-13-10-23(6-5-14(13)8-21-2)18-4-3-15(7-17(18)20)24-11-16(9-22-12-25)27-19(24)26/h3-4,7-8,12-13,16H,5-6,9-11H2,1H3,(H,22,25)/b14-8+/t13?,16-/m0/s1. The summed E-state index contributed by atoms with van der Waals surface area (Å²) < 4.78 is 19.9. The summed E-state index contributed by atoms with van der Waals surface area (Å²) in [5.74, 6) is -0.217. The van der Waals surface area contributed by atoms with Gasteiger partial charge < -0.3 is 15.0 Å². The number of nitrogens with one attached hydrogen (secondary N) is 1. The van der Waals surface area contributed by atoms with E-state index in [9.17, 15) is 14.0 Å². The molecule has 1 aromatic carbocycles. The van der Waals surface area contributed by atoms with Gasteiger partial charge in [0.1, 0.15) is 11.9 Å². The molecule has 1 aromatic rings. The Morgan fingerprint density at radius 1 is 1.44 bits per heavy atom. The summed E-state index contributed by atoms with van der Waals surface area (Å²) in [6.07, 6.45) is 1.83. The molecular weight excluding hydrogens is 351 g/mol. The Bertz CT molecular complexity index is 805. The van der Waals surface area contributed by atoms with Gasteiger partial charge in [-0.25, -0.2) is 14.0 Å². The number of hydrogen-bond acceptors (Lipinski definition) is 4. The molecule has 7 nitrogen and oxygen atoms in total. The lowest BCUT2D eigenvalue weighted by Crippen LogP contribution is -2.36. The molecule has 0 radical (unpaired) electrons. The van der Waals surface area contributed by atoms with E-state index in [4.69, 9.17) is 11.3 Å². The van der Waals surface area contributed by atoms with Crippen LogP contribution in [-0.2, 0) is 9.53 Å². The van der Waals surface area contributed by atoms with Crippen molar-refractivity contribution in [1.29, 1.82) is 0 Å². The van der Waals surface area contributed by atoms with Gasteiger partial charge in [-0.2, -0.15) is 0 Å². The molecule has 2 aliphatic heterocycles. The van der Waals surface area contributed by atoms with E-state index in [1.54, 1.807) is 18.3 Å². The number of piperidine rings is 1. The topological polar surface area (TPSA) is 66.2 Å². The molecule has 2 aliphatic rings. The maximum absolute atomic E-state index is 14.7. The zero-order chi connectivity index (χ0) is 19.4. The molecule has 0 spiro atoms. The average Bonchev–Trinajstić information content (AvgIpc) is 3.02. The van der Waals surface area contributed by atoms with Crippen LogP contribution in [0.4, 0.5) is 20.6 Å². The van der Waals surface area contributed by atoms with E-state index in [1.165, 1.54) is 11.0 Å². The smallest absolute Gasteiger partial charge is 0.414 e. The number of carbonyl (C=O) groups excluding carboxylic acids is 2. The van der Waals surface area contributed by atoms with E-state index in [1.807, 2.05) is 11.8 Å². The van der Waals surface area contributed by atoms with Crippen LogP contribution < -0.4 is 15.1 Å². The Kier molecular flexibility index (Phi) is 5.60. The number of nitrogens with zero attached hydrogens (tertiary/aromatic N) is 3. The van der Waals surface area contributed by atoms with Crippen molar-refractivity contribution in [1.82, 2.24) is 5.32 Å². The average molecular weight is 372 g/mol. The molecule has 2 fully saturated rings. The highest BCUT2D eigenvalue weighted by molar-refractivity contribution is 5.90. The van der Waals surface area contributed by atoms with Gasteiger partial charge >= 0.3 is 6.09 Å². The summed E-state index contributed by atoms with van der Waals surface area (Å²) in [4.78, 5) is 29.0. The first-order valence-corrected chi connectivity index (χ1v) is 8.78. The second-order valence-corrected chi connectivity index (χ2v) is 6.71. The number of cyclic esters (lactones) is 1. The van der Waals surface area contributed by atoms with Crippen molar-refractivity contribution in [2.45, 2.75) is 19.4 Å². The van der Waals surface area contributed by atoms with Gasteiger partial charge in [0.05, 0.1) is 31.0 Å². The molecule has 8 heteroatoms. The van der Waals surface area contributed by atoms with Crippen molar-refractivity contribution < 1.29 is 18.7 Å². The Morgan fingerprint density at radius 2 is 2.26 bits per heavy atom. The van der Waals surface area contributed by atoms with Crippen LogP contribution in [0.15, 0.2) is 30.0 Å². The highest BCUT2D eigenvalue weighted by Crippen LogP contribution is 2.32. The van der Waals surface area contributed by atoms with Crippen molar-refractivity contribution in [3.8, 4) is 0 Å². The fourth-order valence-corrected chi connectivity index (χ4v) is 3.48. The van der Waals surface area contributed by atoms with Crippen molar-refractivity contribution >= 4 is 23.9 Å². The minimum atomic E-state index is -0.555. The third kappa shape index (κ3) is 4.03. The zero-order valence-electron chi connectivity index (χ0n) is 15.0. The molecule has 142 valence electrons. The van der Waals surface area contributed by atoms with Crippen molar-refractivity contribution in [3.63, 3.8) is 0 Å². The number of rotatable bonds is 5. The highest BCUT2D eigenvalue weighted by Gasteiger charge is 2.33. The molecule has 0 bridgehead atoms. The molecule has 27 heavy (non-hydrogen) atoms. The van der Waals surface area contributed by atoms with E-state index in [-0.39, 0.29) is 19.0 Å². The van der Waals surface area contributed by atoms with Crippen molar-refractivity contribution in [2.24, 2.45) is 5.92 Å². The first-order chi connectivity index (χ1) is 13.0. The molecule has 2 saturated heterocycles. The van der Waals surface area contributed by atoms with E-state index in [0.717, 1.165) is 12.0 Å². The predicted molar refractivity (Wildman–Crippen MR) is 98.8 cm³/mol. The molecule has 1 N–H and O–H groups in total. The zero-order valence-corrected chi connectivity index (χ0v) is 15.0. The highest BCUT2D eigenvalue weighted by atomic mass is 19.1. The fraction of sp³-hybridized carbons (Fsp3) is 0.421. The summed E-state index contributed by atoms with van der Waals surface area (Å²) in [7, 11) is 0. The van der Waals surface area contributed by atoms with Gasteiger partial charge in [0.15, 0.2) is 6.20 Å². The van der Waals surface area contributed by atoms with Crippen LogP contribution in [-0.4, -0.2) is 44.8 Å². The minimum Gasteiger partial charge on any atom is -0.442 e. The fourth-order valence-electron chi connectivity index (χ4n) is 3.48. The molecule has 0 aliphatic carbocycles. The van der Waals surface area contributed by atoms with Crippen molar-refractivity contribution in [3.05, 3.63) is 47.2 Å². The number of ether oxygens (including phenoxy) is 1. The van der Waals surface area contributed by atoms with Crippen LogP contribution in [0.3, 0.4) is 0 Å². The van der Waals surface area contributed by atoms with Crippen LogP contribution in [0, 0.1) is 18.3 Å². The lowest BCUT2D eigenvalue weighted by Gasteiger charge is -2.35. The molecule has 0 aromatic heterocycles. The number of amides is 2. The second kappa shape index (κ2) is 8.08. The first kappa shape index (κ1) is 18.7. The quantitative estimate of drug-likeness (QED) is 0.637. The van der Waals surface area contributed by atoms with E-state index in [2.05, 4.69) is 10.2 Å². The van der Waals surface area contributed by atoms with Crippen LogP contribution in [0.1, 0.15) is 13.3 Å². The predicted octanol–water partition coefficient (Wildman–Crippen LogP) is 2.55. The Morgan fingerprint density at radius 3 is 2.93 bits per heavy atom. The van der Waals surface area contributed by atoms with Gasteiger partial charge in [0.2, 0.25) is 6.41 Å². The Hall–Kier alpha value is -3.08. The van der Waals surface area contributed by atoms with Crippen LogP contribution in [0.5, 0.6) is 0 Å². The summed E-state index contributed by atoms with van der Waals surface area (Å²) >= 11 is 0. The minimum absolute atomic E-state index is 0.187. The number of anilines is 2. The van der Waals surface area contributed by atoms with E-state index >= 15 is 0 Å². The maximum Gasteiger partial charge on any atom is 0.414 e. The van der Waals surface area contributed by atoms with E-state index < -0.39 is 18.0 Å². The lowest BCUT2D eigenvalue weighted by atomic mass is 9.93. The van der Waals surface area contributed by atoms with Gasteiger partial charge in [0.25, 0.3) is 0 Å². The number of benzene rings is 1. The lowest BCUT2D eigenvalue weighted by molar-refractivity contribution is -0.109. The SMILES string of the molecule is [C-]#[N+]/C=C1\CCN(c2ccc(N3C[C@H](CNC=O)OC3=O)cc2F)CC1C. The third-order valence-electron chi connectivity index (χ3n) is 4.91. The van der Waals surface area contributed by atoms with Gasteiger partial charge in [-0.05, 0) is 30.5 Å². The molecular formula is C19H21FN4O3. The molecule has 2 heterocycles. The largest absolute Gasteiger partial charge is 0.442 e. The van der Waals surface area contributed by atoms with Gasteiger partial charge in [-0.3, -0.25) is 9.69 Å². The molecule has 0 saturated carbocycles. The molecule has 3 rings (SSSR count). The summed E-state index contributed by atoms with van der Waals surface area (Å²) in [6, 6.07) is 4.71. The summed E-state index contributed by atoms with van der Waals surface area (Å²) in [5, 5.41) is 2.47.